The van der Waals surface area contributed by atoms with Crippen LogP contribution in [0.3, 0.4) is 0 Å². The summed E-state index contributed by atoms with van der Waals surface area (Å²) >= 11 is 0. The highest BCUT2D eigenvalue weighted by molar-refractivity contribution is 5.68. The lowest BCUT2D eigenvalue weighted by molar-refractivity contribution is 0.0153. The first-order valence-electron chi connectivity index (χ1n) is 5.83. The van der Waals surface area contributed by atoms with Gasteiger partial charge in [-0.3, -0.25) is 0 Å². The smallest absolute Gasteiger partial charge is 0.410 e. The lowest BCUT2D eigenvalue weighted by Crippen LogP contribution is -2.49. The van der Waals surface area contributed by atoms with Gasteiger partial charge in [0, 0.05) is 13.1 Å². The van der Waals surface area contributed by atoms with Crippen molar-refractivity contribution in [1.29, 1.82) is 0 Å². The van der Waals surface area contributed by atoms with Gasteiger partial charge in [0.15, 0.2) is 0 Å². The lowest BCUT2D eigenvalue weighted by Gasteiger charge is -2.37. The maximum atomic E-state index is 11.9. The maximum Gasteiger partial charge on any atom is 0.410 e. The molecule has 0 aromatic rings. The highest BCUT2D eigenvalue weighted by atomic mass is 16.6. The molecule has 0 aliphatic carbocycles. The third-order valence-corrected chi connectivity index (χ3v) is 2.64. The molecular formula is C12H20N2O3. The number of aliphatic imine (C=N–C) groups is 1. The van der Waals surface area contributed by atoms with Gasteiger partial charge in [-0.05, 0) is 40.5 Å². The molecule has 0 bridgehead atoms. The van der Waals surface area contributed by atoms with Crippen LogP contribution < -0.4 is 0 Å². The number of likely N-dealkylation sites (tertiary alicyclic amines) is 1. The Morgan fingerprint density at radius 3 is 2.65 bits per heavy atom. The highest BCUT2D eigenvalue weighted by Gasteiger charge is 2.34. The van der Waals surface area contributed by atoms with Crippen molar-refractivity contribution in [2.24, 2.45) is 4.99 Å². The number of rotatable bonds is 1. The minimum atomic E-state index is -0.517. The van der Waals surface area contributed by atoms with Crippen molar-refractivity contribution in [3.63, 3.8) is 0 Å². The average Bonchev–Trinajstić information content (AvgIpc) is 2.14. The summed E-state index contributed by atoms with van der Waals surface area (Å²) in [6, 6.07) is 0. The fourth-order valence-electron chi connectivity index (χ4n) is 1.90. The van der Waals surface area contributed by atoms with Crippen molar-refractivity contribution in [3.8, 4) is 0 Å². The minimum absolute atomic E-state index is 0.343. The van der Waals surface area contributed by atoms with Gasteiger partial charge in [0.1, 0.15) is 5.60 Å². The number of hydrogen-bond acceptors (Lipinski definition) is 4. The molecule has 5 heteroatoms. The molecule has 1 fully saturated rings. The molecule has 5 nitrogen and oxygen atoms in total. The molecule has 0 radical (unpaired) electrons. The Hall–Kier alpha value is -1.35. The van der Waals surface area contributed by atoms with Crippen LogP contribution in [-0.4, -0.2) is 41.3 Å². The van der Waals surface area contributed by atoms with Crippen LogP contribution in [0.2, 0.25) is 0 Å². The van der Waals surface area contributed by atoms with Gasteiger partial charge in [0.25, 0.3) is 0 Å². The first-order valence-corrected chi connectivity index (χ1v) is 5.83. The molecular weight excluding hydrogens is 220 g/mol. The zero-order valence-corrected chi connectivity index (χ0v) is 10.9. The monoisotopic (exact) mass is 240 g/mol. The summed E-state index contributed by atoms with van der Waals surface area (Å²) in [7, 11) is 0. The number of carbonyl (C=O) groups is 1. The van der Waals surface area contributed by atoms with Crippen LogP contribution in [0.5, 0.6) is 0 Å². The Morgan fingerprint density at radius 2 is 2.12 bits per heavy atom. The molecule has 0 aromatic carbocycles. The van der Waals surface area contributed by atoms with Crippen LogP contribution in [-0.2, 0) is 9.53 Å². The Labute approximate surface area is 102 Å². The predicted molar refractivity (Wildman–Crippen MR) is 63.6 cm³/mol. The fraction of sp³-hybridized carbons (Fsp3) is 0.833. The number of amides is 1. The largest absolute Gasteiger partial charge is 0.444 e. The first kappa shape index (κ1) is 13.7. The highest BCUT2D eigenvalue weighted by Crippen LogP contribution is 2.25. The summed E-state index contributed by atoms with van der Waals surface area (Å²) in [5.74, 6) is 0. The van der Waals surface area contributed by atoms with Gasteiger partial charge in [0.05, 0.1) is 5.54 Å². The summed E-state index contributed by atoms with van der Waals surface area (Å²) in [4.78, 5) is 27.6. The predicted octanol–water partition coefficient (Wildman–Crippen LogP) is 2.11. The Bertz CT molecular complexity index is 342. The number of ether oxygens (including phenoxy) is 1. The van der Waals surface area contributed by atoms with Crippen molar-refractivity contribution in [3.05, 3.63) is 0 Å². The molecule has 1 aliphatic heterocycles. The molecule has 96 valence electrons. The van der Waals surface area contributed by atoms with Crippen molar-refractivity contribution < 1.29 is 14.3 Å². The molecule has 0 unspecified atom stereocenters. The summed E-state index contributed by atoms with van der Waals surface area (Å²) in [6.07, 6.45) is 2.85. The second-order valence-corrected chi connectivity index (χ2v) is 5.71. The van der Waals surface area contributed by atoms with E-state index in [9.17, 15) is 9.59 Å². The van der Waals surface area contributed by atoms with Crippen molar-refractivity contribution >= 4 is 12.2 Å². The molecule has 0 N–H and O–H groups in total. The zero-order valence-electron chi connectivity index (χ0n) is 10.9. The van der Waals surface area contributed by atoms with E-state index in [1.165, 1.54) is 0 Å². The Balaban J connectivity index is 2.67. The van der Waals surface area contributed by atoms with Crippen molar-refractivity contribution in [2.45, 2.75) is 51.7 Å². The second-order valence-electron chi connectivity index (χ2n) is 5.71. The molecule has 0 spiro atoms. The SMILES string of the molecule is CC(C)(C)OC(=O)N1CCC[C@@](C)(N=C=O)C1. The molecule has 1 heterocycles. The molecule has 0 saturated carbocycles. The van der Waals surface area contributed by atoms with Crippen LogP contribution in [0.25, 0.3) is 0 Å². The Morgan fingerprint density at radius 1 is 1.47 bits per heavy atom. The summed E-state index contributed by atoms with van der Waals surface area (Å²) in [6.45, 7) is 8.41. The summed E-state index contributed by atoms with van der Waals surface area (Å²) in [5.41, 5.74) is -1.02. The fourth-order valence-corrected chi connectivity index (χ4v) is 1.90. The van der Waals surface area contributed by atoms with Crippen LogP contribution in [0.1, 0.15) is 40.5 Å². The van der Waals surface area contributed by atoms with Gasteiger partial charge in [-0.15, -0.1) is 0 Å². The number of isocyanates is 1. The van der Waals surface area contributed by atoms with Crippen molar-refractivity contribution in [1.82, 2.24) is 4.90 Å². The van der Waals surface area contributed by atoms with Crippen LogP contribution in [0.15, 0.2) is 4.99 Å². The van der Waals surface area contributed by atoms with Gasteiger partial charge in [0.2, 0.25) is 6.08 Å². The number of carbonyl (C=O) groups excluding carboxylic acids is 2. The number of nitrogens with zero attached hydrogens (tertiary/aromatic N) is 2. The molecule has 1 aliphatic rings. The van der Waals surface area contributed by atoms with Gasteiger partial charge in [-0.1, -0.05) is 0 Å². The van der Waals surface area contributed by atoms with E-state index in [-0.39, 0.29) is 6.09 Å². The summed E-state index contributed by atoms with van der Waals surface area (Å²) < 4.78 is 5.30. The van der Waals surface area contributed by atoms with E-state index in [0.29, 0.717) is 13.1 Å². The maximum absolute atomic E-state index is 11.9. The van der Waals surface area contributed by atoms with Gasteiger partial charge in [-0.25, -0.2) is 9.59 Å². The second kappa shape index (κ2) is 4.88. The summed E-state index contributed by atoms with van der Waals surface area (Å²) in [5, 5.41) is 0. The molecule has 17 heavy (non-hydrogen) atoms. The van der Waals surface area contributed by atoms with E-state index < -0.39 is 11.1 Å². The third-order valence-electron chi connectivity index (χ3n) is 2.64. The Kier molecular flexibility index (Phi) is 3.94. The standard InChI is InChI=1S/C12H20N2O3/c1-11(2,3)17-10(16)14-7-5-6-12(4,8-14)13-9-15/h5-8H2,1-4H3/t12-/m1/s1. The topological polar surface area (TPSA) is 59.0 Å². The van der Waals surface area contributed by atoms with Crippen LogP contribution in [0, 0.1) is 0 Å². The normalized spacial score (nSPS) is 25.1. The van der Waals surface area contributed by atoms with E-state index in [1.807, 2.05) is 27.7 Å². The quantitative estimate of drug-likeness (QED) is 0.521. The third kappa shape index (κ3) is 4.19. The van der Waals surface area contributed by atoms with E-state index in [0.717, 1.165) is 12.8 Å². The van der Waals surface area contributed by atoms with E-state index in [1.54, 1.807) is 11.0 Å². The van der Waals surface area contributed by atoms with Crippen molar-refractivity contribution in [2.75, 3.05) is 13.1 Å². The minimum Gasteiger partial charge on any atom is -0.444 e. The first-order chi connectivity index (χ1) is 7.76. The van der Waals surface area contributed by atoms with E-state index in [2.05, 4.69) is 4.99 Å². The van der Waals surface area contributed by atoms with Gasteiger partial charge < -0.3 is 9.64 Å². The van der Waals surface area contributed by atoms with Gasteiger partial charge >= 0.3 is 6.09 Å². The van der Waals surface area contributed by atoms with Crippen LogP contribution >= 0.6 is 0 Å². The van der Waals surface area contributed by atoms with E-state index >= 15 is 0 Å². The van der Waals surface area contributed by atoms with Crippen LogP contribution in [0.4, 0.5) is 4.79 Å². The molecule has 1 rings (SSSR count). The number of hydrogen-bond donors (Lipinski definition) is 0. The lowest BCUT2D eigenvalue weighted by atomic mass is 9.92. The number of piperidine rings is 1. The molecule has 1 atom stereocenters. The zero-order chi connectivity index (χ0) is 13.1. The molecule has 1 amide bonds. The average molecular weight is 240 g/mol. The molecule has 1 saturated heterocycles. The van der Waals surface area contributed by atoms with Gasteiger partial charge in [-0.2, -0.15) is 4.99 Å². The van der Waals surface area contributed by atoms with E-state index in [4.69, 9.17) is 4.74 Å². The molecule has 0 aromatic heterocycles.